The maximum absolute atomic E-state index is 11.4. The highest BCUT2D eigenvalue weighted by atomic mass is 32.2. The van der Waals surface area contributed by atoms with Crippen molar-refractivity contribution in [2.24, 2.45) is 0 Å². The van der Waals surface area contributed by atoms with E-state index in [-0.39, 0.29) is 5.24 Å². The van der Waals surface area contributed by atoms with Crippen LogP contribution in [0.1, 0.15) is 13.3 Å². The van der Waals surface area contributed by atoms with Crippen LogP contribution in [0.5, 0.6) is 0 Å². The molecular weight excluding hydrogens is 226 g/mol. The third-order valence-corrected chi connectivity index (χ3v) is 3.32. The maximum atomic E-state index is 11.4. The zero-order valence-corrected chi connectivity index (χ0v) is 10.6. The van der Waals surface area contributed by atoms with Gasteiger partial charge in [-0.25, -0.2) is 0 Å². The maximum Gasteiger partial charge on any atom is 0.283 e. The van der Waals surface area contributed by atoms with Gasteiger partial charge < -0.3 is 5.32 Å². The highest BCUT2D eigenvalue weighted by Gasteiger charge is 2.03. The number of benzene rings is 1. The van der Waals surface area contributed by atoms with E-state index >= 15 is 0 Å². The van der Waals surface area contributed by atoms with Crippen LogP contribution in [0.4, 0.5) is 4.79 Å². The minimum Gasteiger partial charge on any atom is -0.347 e. The molecule has 0 aliphatic carbocycles. The number of hydrogen-bond donors (Lipinski definition) is 1. The van der Waals surface area contributed by atoms with Crippen LogP contribution in [-0.4, -0.2) is 18.0 Å². The lowest BCUT2D eigenvalue weighted by molar-refractivity contribution is 0.260. The monoisotopic (exact) mass is 241 g/mol. The zero-order chi connectivity index (χ0) is 11.1. The van der Waals surface area contributed by atoms with Crippen molar-refractivity contribution in [3.8, 4) is 0 Å². The molecule has 0 aliphatic heterocycles. The number of nitrogens with one attached hydrogen (secondary N) is 1. The second-order valence-electron chi connectivity index (χ2n) is 3.00. The lowest BCUT2D eigenvalue weighted by Crippen LogP contribution is -2.18. The summed E-state index contributed by atoms with van der Waals surface area (Å²) in [4.78, 5) is 13.6. The summed E-state index contributed by atoms with van der Waals surface area (Å²) in [6.45, 7) is 2.79. The Morgan fingerprint density at radius 1 is 1.40 bits per heavy atom. The largest absolute Gasteiger partial charge is 0.347 e. The van der Waals surface area contributed by atoms with E-state index in [1.54, 1.807) is 11.8 Å². The van der Waals surface area contributed by atoms with Gasteiger partial charge in [0.1, 0.15) is 0 Å². The first-order chi connectivity index (χ1) is 7.26. The first kappa shape index (κ1) is 12.5. The van der Waals surface area contributed by atoms with Crippen LogP contribution in [0.25, 0.3) is 0 Å². The molecule has 0 saturated heterocycles. The van der Waals surface area contributed by atoms with Crippen LogP contribution in [0.3, 0.4) is 0 Å². The van der Waals surface area contributed by atoms with E-state index in [1.165, 1.54) is 16.7 Å². The van der Waals surface area contributed by atoms with Gasteiger partial charge in [-0.2, -0.15) is 0 Å². The number of carbonyl (C=O) groups excluding carboxylic acids is 1. The SMILES string of the molecule is CCCNC(=O)Sc1cccc(SC)c1. The van der Waals surface area contributed by atoms with E-state index in [9.17, 15) is 4.79 Å². The molecule has 1 rings (SSSR count). The average Bonchev–Trinajstić information content (AvgIpc) is 2.26. The van der Waals surface area contributed by atoms with Gasteiger partial charge in [0.2, 0.25) is 0 Å². The fraction of sp³-hybridized carbons (Fsp3) is 0.364. The van der Waals surface area contributed by atoms with Crippen molar-refractivity contribution in [3.63, 3.8) is 0 Å². The zero-order valence-electron chi connectivity index (χ0n) is 8.95. The average molecular weight is 241 g/mol. The van der Waals surface area contributed by atoms with Crippen molar-refractivity contribution >= 4 is 28.8 Å². The van der Waals surface area contributed by atoms with Crippen molar-refractivity contribution in [3.05, 3.63) is 24.3 Å². The van der Waals surface area contributed by atoms with Crippen LogP contribution in [0.15, 0.2) is 34.1 Å². The topological polar surface area (TPSA) is 29.1 Å². The van der Waals surface area contributed by atoms with Crippen molar-refractivity contribution < 1.29 is 4.79 Å². The minimum absolute atomic E-state index is 0.0232. The number of hydrogen-bond acceptors (Lipinski definition) is 3. The van der Waals surface area contributed by atoms with Gasteiger partial charge in [-0.05, 0) is 42.6 Å². The third kappa shape index (κ3) is 4.62. The van der Waals surface area contributed by atoms with Gasteiger partial charge in [0.05, 0.1) is 0 Å². The predicted molar refractivity (Wildman–Crippen MR) is 67.8 cm³/mol. The number of carbonyl (C=O) groups is 1. The highest BCUT2D eigenvalue weighted by Crippen LogP contribution is 2.23. The molecule has 0 bridgehead atoms. The van der Waals surface area contributed by atoms with Gasteiger partial charge in [-0.3, -0.25) is 4.79 Å². The Morgan fingerprint density at radius 2 is 2.13 bits per heavy atom. The molecule has 0 radical (unpaired) electrons. The third-order valence-electron chi connectivity index (χ3n) is 1.77. The molecule has 1 aromatic rings. The fourth-order valence-electron chi connectivity index (χ4n) is 1.03. The highest BCUT2D eigenvalue weighted by molar-refractivity contribution is 8.13. The summed E-state index contributed by atoms with van der Waals surface area (Å²) >= 11 is 2.93. The van der Waals surface area contributed by atoms with Crippen molar-refractivity contribution in [2.75, 3.05) is 12.8 Å². The Kier molecular flexibility index (Phi) is 5.65. The van der Waals surface area contributed by atoms with Crippen LogP contribution in [0, 0.1) is 0 Å². The van der Waals surface area contributed by atoms with Crippen LogP contribution in [0.2, 0.25) is 0 Å². The Labute approximate surface area is 99.2 Å². The molecule has 4 heteroatoms. The first-order valence-electron chi connectivity index (χ1n) is 4.86. The summed E-state index contributed by atoms with van der Waals surface area (Å²) in [5.41, 5.74) is 0. The standard InChI is InChI=1S/C11H15NOS2/c1-3-7-12-11(13)15-10-6-4-5-9(8-10)14-2/h4-6,8H,3,7H2,1-2H3,(H,12,13). The fourth-order valence-corrected chi connectivity index (χ4v) is 2.29. The molecule has 1 N–H and O–H groups in total. The Bertz CT molecular complexity index is 328. The number of thioether (sulfide) groups is 2. The molecule has 0 unspecified atom stereocenters. The summed E-state index contributed by atoms with van der Waals surface area (Å²) < 4.78 is 0. The molecular formula is C11H15NOS2. The molecule has 2 nitrogen and oxygen atoms in total. The van der Waals surface area contributed by atoms with E-state index in [1.807, 2.05) is 37.4 Å². The Hall–Kier alpha value is -0.610. The van der Waals surface area contributed by atoms with Crippen molar-refractivity contribution in [2.45, 2.75) is 23.1 Å². The van der Waals surface area contributed by atoms with Gasteiger partial charge in [-0.1, -0.05) is 13.0 Å². The van der Waals surface area contributed by atoms with Gasteiger partial charge in [0.15, 0.2) is 0 Å². The molecule has 1 amide bonds. The van der Waals surface area contributed by atoms with Crippen molar-refractivity contribution in [1.29, 1.82) is 0 Å². The second kappa shape index (κ2) is 6.80. The van der Waals surface area contributed by atoms with E-state index in [4.69, 9.17) is 0 Å². The Morgan fingerprint density at radius 3 is 2.80 bits per heavy atom. The molecule has 82 valence electrons. The summed E-state index contributed by atoms with van der Waals surface area (Å²) in [7, 11) is 0. The van der Waals surface area contributed by atoms with E-state index in [0.29, 0.717) is 0 Å². The second-order valence-corrected chi connectivity index (χ2v) is 4.92. The predicted octanol–water partition coefficient (Wildman–Crippen LogP) is 3.62. The van der Waals surface area contributed by atoms with Gasteiger partial charge in [0.25, 0.3) is 5.24 Å². The summed E-state index contributed by atoms with van der Waals surface area (Å²) in [6, 6.07) is 8.00. The summed E-state index contributed by atoms with van der Waals surface area (Å²) in [5.74, 6) is 0. The smallest absolute Gasteiger partial charge is 0.283 e. The minimum atomic E-state index is 0.0232. The van der Waals surface area contributed by atoms with Crippen LogP contribution < -0.4 is 5.32 Å². The van der Waals surface area contributed by atoms with Gasteiger partial charge in [0, 0.05) is 16.3 Å². The normalized spacial score (nSPS) is 10.0. The Balaban J connectivity index is 2.52. The van der Waals surface area contributed by atoms with Crippen LogP contribution in [-0.2, 0) is 0 Å². The first-order valence-corrected chi connectivity index (χ1v) is 6.90. The lowest BCUT2D eigenvalue weighted by atomic mass is 10.4. The van der Waals surface area contributed by atoms with E-state index in [0.717, 1.165) is 17.9 Å². The molecule has 0 heterocycles. The quantitative estimate of drug-likeness (QED) is 0.816. The molecule has 0 atom stereocenters. The number of rotatable bonds is 4. The van der Waals surface area contributed by atoms with E-state index < -0.39 is 0 Å². The van der Waals surface area contributed by atoms with Crippen LogP contribution >= 0.6 is 23.5 Å². The van der Waals surface area contributed by atoms with Gasteiger partial charge in [-0.15, -0.1) is 11.8 Å². The molecule has 15 heavy (non-hydrogen) atoms. The molecule has 0 saturated carbocycles. The molecule has 0 aromatic heterocycles. The molecule has 0 spiro atoms. The summed E-state index contributed by atoms with van der Waals surface area (Å²) in [6.07, 6.45) is 3.00. The van der Waals surface area contributed by atoms with E-state index in [2.05, 4.69) is 5.32 Å². The molecule has 0 fully saturated rings. The number of amides is 1. The molecule has 1 aromatic carbocycles. The van der Waals surface area contributed by atoms with Crippen molar-refractivity contribution in [1.82, 2.24) is 5.32 Å². The molecule has 0 aliphatic rings. The lowest BCUT2D eigenvalue weighted by Gasteiger charge is -2.03. The van der Waals surface area contributed by atoms with Gasteiger partial charge >= 0.3 is 0 Å². The summed E-state index contributed by atoms with van der Waals surface area (Å²) in [5, 5.41) is 2.86.